The van der Waals surface area contributed by atoms with Gasteiger partial charge in [0.05, 0.1) is 13.7 Å². The van der Waals surface area contributed by atoms with Crippen molar-refractivity contribution in [2.75, 3.05) is 27.2 Å². The van der Waals surface area contributed by atoms with E-state index in [0.717, 1.165) is 30.7 Å². The summed E-state index contributed by atoms with van der Waals surface area (Å²) in [5, 5.41) is 3.16. The van der Waals surface area contributed by atoms with Gasteiger partial charge in [-0.3, -0.25) is 4.79 Å². The maximum Gasteiger partial charge on any atom is 0.236 e. The number of nitrogens with zero attached hydrogens (tertiary/aromatic N) is 1. The van der Waals surface area contributed by atoms with E-state index in [1.165, 1.54) is 0 Å². The van der Waals surface area contributed by atoms with Crippen LogP contribution in [-0.2, 0) is 11.3 Å². The van der Waals surface area contributed by atoms with Crippen LogP contribution in [0.15, 0.2) is 24.3 Å². The van der Waals surface area contributed by atoms with E-state index in [9.17, 15) is 4.79 Å². The molecular formula is C15H24N2O2. The second-order valence-electron chi connectivity index (χ2n) is 4.62. The summed E-state index contributed by atoms with van der Waals surface area (Å²) in [5.41, 5.74) is 1.14. The Bertz CT molecular complexity index is 376. The monoisotopic (exact) mass is 264 g/mol. The highest BCUT2D eigenvalue weighted by Crippen LogP contribution is 2.10. The summed E-state index contributed by atoms with van der Waals surface area (Å²) in [4.78, 5) is 13.6. The van der Waals surface area contributed by atoms with Gasteiger partial charge in [0.1, 0.15) is 5.75 Å². The summed E-state index contributed by atoms with van der Waals surface area (Å²) in [6, 6.07) is 7.84. The molecule has 1 aromatic rings. The maximum absolute atomic E-state index is 11.8. The summed E-state index contributed by atoms with van der Waals surface area (Å²) in [6.45, 7) is 4.03. The highest BCUT2D eigenvalue weighted by Gasteiger charge is 2.06. The molecule has 0 aliphatic rings. The predicted molar refractivity (Wildman–Crippen MR) is 77.2 cm³/mol. The van der Waals surface area contributed by atoms with Crippen molar-refractivity contribution < 1.29 is 9.53 Å². The molecule has 0 saturated heterocycles. The van der Waals surface area contributed by atoms with Crippen LogP contribution in [0.3, 0.4) is 0 Å². The number of benzene rings is 1. The summed E-state index contributed by atoms with van der Waals surface area (Å²) >= 11 is 0. The van der Waals surface area contributed by atoms with Crippen LogP contribution < -0.4 is 10.1 Å². The first-order valence-electron chi connectivity index (χ1n) is 6.75. The molecule has 0 bridgehead atoms. The quantitative estimate of drug-likeness (QED) is 0.781. The van der Waals surface area contributed by atoms with Crippen LogP contribution in [0, 0.1) is 0 Å². The summed E-state index contributed by atoms with van der Waals surface area (Å²) in [6.07, 6.45) is 2.16. The van der Waals surface area contributed by atoms with Crippen LogP contribution in [0.25, 0.3) is 0 Å². The Hall–Kier alpha value is -1.55. The number of nitrogens with one attached hydrogen (secondary N) is 1. The number of methoxy groups -OCH3 is 1. The molecule has 0 saturated carbocycles. The van der Waals surface area contributed by atoms with Crippen LogP contribution in [0.2, 0.25) is 0 Å². The van der Waals surface area contributed by atoms with Gasteiger partial charge in [0.15, 0.2) is 0 Å². The third-order valence-electron chi connectivity index (χ3n) is 3.04. The Morgan fingerprint density at radius 3 is 2.58 bits per heavy atom. The van der Waals surface area contributed by atoms with Crippen molar-refractivity contribution in [1.82, 2.24) is 10.2 Å². The SMILES string of the molecule is CCCCN(C)C(=O)CNCc1ccc(OC)cc1. The maximum atomic E-state index is 11.8. The van der Waals surface area contributed by atoms with Crippen LogP contribution in [0.1, 0.15) is 25.3 Å². The van der Waals surface area contributed by atoms with E-state index < -0.39 is 0 Å². The van der Waals surface area contributed by atoms with Gasteiger partial charge in [-0.15, -0.1) is 0 Å². The zero-order chi connectivity index (χ0) is 14.1. The van der Waals surface area contributed by atoms with Crippen LogP contribution in [0.5, 0.6) is 5.75 Å². The van der Waals surface area contributed by atoms with Crippen LogP contribution >= 0.6 is 0 Å². The molecule has 106 valence electrons. The molecule has 1 rings (SSSR count). The molecule has 0 aliphatic heterocycles. The van der Waals surface area contributed by atoms with E-state index in [1.54, 1.807) is 12.0 Å². The van der Waals surface area contributed by atoms with E-state index in [1.807, 2.05) is 31.3 Å². The van der Waals surface area contributed by atoms with Crippen LogP contribution in [0.4, 0.5) is 0 Å². The van der Waals surface area contributed by atoms with Crippen molar-refractivity contribution >= 4 is 5.91 Å². The molecule has 4 heteroatoms. The number of unbranched alkanes of at least 4 members (excludes halogenated alkanes) is 1. The fourth-order valence-corrected chi connectivity index (χ4v) is 1.71. The third kappa shape index (κ3) is 5.75. The summed E-state index contributed by atoms with van der Waals surface area (Å²) in [7, 11) is 3.51. The molecule has 0 radical (unpaired) electrons. The number of rotatable bonds is 8. The lowest BCUT2D eigenvalue weighted by atomic mass is 10.2. The van der Waals surface area contributed by atoms with E-state index in [4.69, 9.17) is 4.74 Å². The van der Waals surface area contributed by atoms with Gasteiger partial charge in [-0.1, -0.05) is 25.5 Å². The number of ether oxygens (including phenoxy) is 1. The molecule has 0 unspecified atom stereocenters. The Morgan fingerprint density at radius 2 is 2.00 bits per heavy atom. The van der Waals surface area contributed by atoms with Crippen molar-refractivity contribution in [2.24, 2.45) is 0 Å². The molecule has 1 N–H and O–H groups in total. The minimum Gasteiger partial charge on any atom is -0.497 e. The van der Waals surface area contributed by atoms with Crippen molar-refractivity contribution in [3.8, 4) is 5.75 Å². The third-order valence-corrected chi connectivity index (χ3v) is 3.04. The van der Waals surface area contributed by atoms with E-state index >= 15 is 0 Å². The molecule has 1 amide bonds. The van der Waals surface area contributed by atoms with E-state index in [-0.39, 0.29) is 5.91 Å². The molecule has 0 spiro atoms. The number of hydrogen-bond acceptors (Lipinski definition) is 3. The van der Waals surface area contributed by atoms with Gasteiger partial charge in [-0.2, -0.15) is 0 Å². The van der Waals surface area contributed by atoms with Gasteiger partial charge in [0.25, 0.3) is 0 Å². The van der Waals surface area contributed by atoms with Gasteiger partial charge in [0, 0.05) is 20.1 Å². The first-order chi connectivity index (χ1) is 9.17. The predicted octanol–water partition coefficient (Wildman–Crippen LogP) is 2.04. The fourth-order valence-electron chi connectivity index (χ4n) is 1.71. The van der Waals surface area contributed by atoms with Gasteiger partial charge in [-0.25, -0.2) is 0 Å². The smallest absolute Gasteiger partial charge is 0.236 e. The molecule has 4 nitrogen and oxygen atoms in total. The van der Waals surface area contributed by atoms with Gasteiger partial charge < -0.3 is 15.0 Å². The lowest BCUT2D eigenvalue weighted by molar-refractivity contribution is -0.129. The molecule has 19 heavy (non-hydrogen) atoms. The molecule has 0 fully saturated rings. The number of carbonyl (C=O) groups excluding carboxylic acids is 1. The van der Waals surface area contributed by atoms with Gasteiger partial charge in [-0.05, 0) is 24.1 Å². The Morgan fingerprint density at radius 1 is 1.32 bits per heavy atom. The van der Waals surface area contributed by atoms with Gasteiger partial charge >= 0.3 is 0 Å². The van der Waals surface area contributed by atoms with E-state index in [0.29, 0.717) is 13.1 Å². The number of amides is 1. The summed E-state index contributed by atoms with van der Waals surface area (Å²) < 4.78 is 5.10. The van der Waals surface area contributed by atoms with Gasteiger partial charge in [0.2, 0.25) is 5.91 Å². The van der Waals surface area contributed by atoms with E-state index in [2.05, 4.69) is 12.2 Å². The van der Waals surface area contributed by atoms with Crippen LogP contribution in [-0.4, -0.2) is 38.1 Å². The summed E-state index contributed by atoms with van der Waals surface area (Å²) in [5.74, 6) is 0.987. The number of likely N-dealkylation sites (N-methyl/N-ethyl adjacent to an activating group) is 1. The molecule has 1 aromatic carbocycles. The average Bonchev–Trinajstić information content (AvgIpc) is 2.45. The first-order valence-corrected chi connectivity index (χ1v) is 6.75. The topological polar surface area (TPSA) is 41.6 Å². The minimum atomic E-state index is 0.141. The second kappa shape index (κ2) is 8.53. The Balaban J connectivity index is 2.27. The number of hydrogen-bond donors (Lipinski definition) is 1. The normalized spacial score (nSPS) is 10.3. The Labute approximate surface area is 115 Å². The second-order valence-corrected chi connectivity index (χ2v) is 4.62. The molecule has 0 aromatic heterocycles. The minimum absolute atomic E-state index is 0.141. The molecule has 0 heterocycles. The zero-order valence-corrected chi connectivity index (χ0v) is 12.1. The first kappa shape index (κ1) is 15.5. The standard InChI is InChI=1S/C15H24N2O2/c1-4-5-10-17(2)15(18)12-16-11-13-6-8-14(19-3)9-7-13/h6-9,16H,4-5,10-12H2,1-3H3. The van der Waals surface area contributed by atoms with Crippen molar-refractivity contribution in [3.05, 3.63) is 29.8 Å². The molecular weight excluding hydrogens is 240 g/mol. The zero-order valence-electron chi connectivity index (χ0n) is 12.1. The highest BCUT2D eigenvalue weighted by atomic mass is 16.5. The number of carbonyl (C=O) groups is 1. The Kier molecular flexibility index (Phi) is 6.97. The fraction of sp³-hybridized carbons (Fsp3) is 0.533. The largest absolute Gasteiger partial charge is 0.497 e. The van der Waals surface area contributed by atoms with Crippen molar-refractivity contribution in [2.45, 2.75) is 26.3 Å². The lowest BCUT2D eigenvalue weighted by Crippen LogP contribution is -2.35. The highest BCUT2D eigenvalue weighted by molar-refractivity contribution is 5.77. The molecule has 0 aliphatic carbocycles. The average molecular weight is 264 g/mol. The van der Waals surface area contributed by atoms with Crippen molar-refractivity contribution in [1.29, 1.82) is 0 Å². The van der Waals surface area contributed by atoms with Crippen molar-refractivity contribution in [3.63, 3.8) is 0 Å². The lowest BCUT2D eigenvalue weighted by Gasteiger charge is -2.17. The molecule has 0 atom stereocenters.